The Morgan fingerprint density at radius 3 is 2.25 bits per heavy atom. The minimum atomic E-state index is -0.706. The first-order valence-electron chi connectivity index (χ1n) is 8.46. The molecule has 1 rings (SSSR count). The smallest absolute Gasteiger partial charge is 0.410 e. The summed E-state index contributed by atoms with van der Waals surface area (Å²) in [6.07, 6.45) is 0.649. The second-order valence-electron chi connectivity index (χ2n) is 7.01. The molecule has 0 aromatic carbocycles. The minimum absolute atomic E-state index is 0.258. The molecule has 0 unspecified atom stereocenters. The fourth-order valence-electron chi connectivity index (χ4n) is 2.55. The minimum Gasteiger partial charge on any atom is -0.465 e. The Morgan fingerprint density at radius 2 is 1.75 bits per heavy atom. The highest BCUT2D eigenvalue weighted by Gasteiger charge is 2.44. The largest absolute Gasteiger partial charge is 0.465 e. The van der Waals surface area contributed by atoms with Crippen molar-refractivity contribution >= 4 is 12.1 Å². The van der Waals surface area contributed by atoms with Crippen molar-refractivity contribution in [3.8, 4) is 0 Å². The summed E-state index contributed by atoms with van der Waals surface area (Å²) in [6.45, 7) is 9.68. The fraction of sp³-hybridized carbons (Fsp3) is 0.882. The van der Waals surface area contributed by atoms with Crippen molar-refractivity contribution in [3.05, 3.63) is 0 Å². The first-order chi connectivity index (χ1) is 11.2. The highest BCUT2D eigenvalue weighted by molar-refractivity contribution is 5.78. The van der Waals surface area contributed by atoms with Crippen LogP contribution in [0.15, 0.2) is 0 Å². The van der Waals surface area contributed by atoms with Gasteiger partial charge in [-0.15, -0.1) is 0 Å². The van der Waals surface area contributed by atoms with Crippen molar-refractivity contribution in [2.24, 2.45) is 5.41 Å². The van der Waals surface area contributed by atoms with Crippen molar-refractivity contribution in [1.29, 1.82) is 0 Å². The van der Waals surface area contributed by atoms with Gasteiger partial charge in [-0.05, 0) is 40.5 Å². The normalized spacial score (nSPS) is 17.5. The van der Waals surface area contributed by atoms with Gasteiger partial charge in [0.25, 0.3) is 0 Å². The number of carbonyl (C=O) groups is 2. The molecular weight excluding hydrogens is 314 g/mol. The number of ether oxygens (including phenoxy) is 4. The van der Waals surface area contributed by atoms with Crippen LogP contribution in [0.2, 0.25) is 0 Å². The van der Waals surface area contributed by atoms with E-state index in [4.69, 9.17) is 18.9 Å². The van der Waals surface area contributed by atoms with E-state index in [1.165, 1.54) is 0 Å². The lowest BCUT2D eigenvalue weighted by Gasteiger charge is -2.39. The van der Waals surface area contributed by atoms with Crippen LogP contribution in [-0.4, -0.2) is 69.2 Å². The molecule has 1 aliphatic heterocycles. The number of likely N-dealkylation sites (tertiary alicyclic amines) is 1. The zero-order valence-corrected chi connectivity index (χ0v) is 15.6. The van der Waals surface area contributed by atoms with E-state index < -0.39 is 11.0 Å². The third-order valence-corrected chi connectivity index (χ3v) is 3.89. The Hall–Kier alpha value is -1.34. The predicted molar refractivity (Wildman–Crippen MR) is 88.8 cm³/mol. The van der Waals surface area contributed by atoms with Gasteiger partial charge in [0.05, 0.1) is 31.8 Å². The Balaban J connectivity index is 2.65. The summed E-state index contributed by atoms with van der Waals surface area (Å²) < 4.78 is 21.2. The molecule has 0 aromatic rings. The van der Waals surface area contributed by atoms with E-state index in [-0.39, 0.29) is 18.7 Å². The molecule has 140 valence electrons. The van der Waals surface area contributed by atoms with Crippen LogP contribution in [-0.2, 0) is 23.7 Å². The van der Waals surface area contributed by atoms with E-state index >= 15 is 0 Å². The molecule has 0 spiro atoms. The molecule has 0 aliphatic carbocycles. The molecule has 0 aromatic heterocycles. The van der Waals surface area contributed by atoms with Gasteiger partial charge >= 0.3 is 12.1 Å². The van der Waals surface area contributed by atoms with Gasteiger partial charge in [0.2, 0.25) is 0 Å². The molecule has 1 amide bonds. The summed E-state index contributed by atoms with van der Waals surface area (Å²) in [4.78, 5) is 26.2. The third kappa shape index (κ3) is 6.28. The number of piperidine rings is 1. The van der Waals surface area contributed by atoms with E-state index in [1.807, 2.05) is 20.8 Å². The van der Waals surface area contributed by atoms with Crippen LogP contribution in [0.1, 0.15) is 40.5 Å². The first kappa shape index (κ1) is 20.7. The molecular formula is C17H31NO6. The molecule has 0 atom stereocenters. The van der Waals surface area contributed by atoms with Gasteiger partial charge in [0, 0.05) is 20.2 Å². The van der Waals surface area contributed by atoms with Crippen LogP contribution >= 0.6 is 0 Å². The maximum atomic E-state index is 12.4. The first-order valence-corrected chi connectivity index (χ1v) is 8.46. The van der Waals surface area contributed by atoms with Gasteiger partial charge in [-0.25, -0.2) is 4.79 Å². The molecule has 1 saturated heterocycles. The van der Waals surface area contributed by atoms with Gasteiger partial charge in [0.1, 0.15) is 5.60 Å². The molecule has 1 fully saturated rings. The van der Waals surface area contributed by atoms with Gasteiger partial charge < -0.3 is 23.8 Å². The second kappa shape index (κ2) is 9.22. The van der Waals surface area contributed by atoms with E-state index in [2.05, 4.69) is 0 Å². The lowest BCUT2D eigenvalue weighted by molar-refractivity contribution is -0.163. The van der Waals surface area contributed by atoms with Gasteiger partial charge in [0.15, 0.2) is 0 Å². The monoisotopic (exact) mass is 345 g/mol. The second-order valence-corrected chi connectivity index (χ2v) is 7.01. The van der Waals surface area contributed by atoms with E-state index in [0.717, 1.165) is 0 Å². The zero-order chi connectivity index (χ0) is 18.2. The van der Waals surface area contributed by atoms with Crippen LogP contribution in [0.5, 0.6) is 0 Å². The summed E-state index contributed by atoms with van der Waals surface area (Å²) in [5.41, 5.74) is -1.24. The lowest BCUT2D eigenvalue weighted by Crippen LogP contribution is -2.50. The molecule has 7 heteroatoms. The van der Waals surface area contributed by atoms with Crippen LogP contribution < -0.4 is 0 Å². The molecule has 0 saturated carbocycles. The number of hydrogen-bond acceptors (Lipinski definition) is 6. The third-order valence-electron chi connectivity index (χ3n) is 3.89. The van der Waals surface area contributed by atoms with E-state index in [1.54, 1.807) is 18.9 Å². The maximum Gasteiger partial charge on any atom is 0.410 e. The Kier molecular flexibility index (Phi) is 7.96. The average Bonchev–Trinajstić information content (AvgIpc) is 2.50. The van der Waals surface area contributed by atoms with Crippen LogP contribution in [0.3, 0.4) is 0 Å². The number of rotatable bonds is 7. The summed E-state index contributed by atoms with van der Waals surface area (Å²) >= 11 is 0. The molecule has 0 bridgehead atoms. The number of hydrogen-bond donors (Lipinski definition) is 0. The van der Waals surface area contributed by atoms with E-state index in [0.29, 0.717) is 45.8 Å². The van der Waals surface area contributed by atoms with Gasteiger partial charge in [-0.1, -0.05) is 0 Å². The number of methoxy groups -OCH3 is 1. The zero-order valence-electron chi connectivity index (χ0n) is 15.6. The SMILES string of the molecule is CCOC(=O)C1(COCCOC)CCN(C(=O)OC(C)(C)C)CC1. The van der Waals surface area contributed by atoms with E-state index in [9.17, 15) is 9.59 Å². The highest BCUT2D eigenvalue weighted by Crippen LogP contribution is 2.34. The Morgan fingerprint density at radius 1 is 1.12 bits per heavy atom. The average molecular weight is 345 g/mol. The molecule has 0 radical (unpaired) electrons. The Labute approximate surface area is 144 Å². The number of nitrogens with zero attached hydrogens (tertiary/aromatic N) is 1. The van der Waals surface area contributed by atoms with Gasteiger partial charge in [-0.3, -0.25) is 4.79 Å². The number of carbonyl (C=O) groups excluding carboxylic acids is 2. The van der Waals surface area contributed by atoms with Crippen molar-refractivity contribution in [2.45, 2.75) is 46.1 Å². The molecule has 7 nitrogen and oxygen atoms in total. The van der Waals surface area contributed by atoms with Crippen LogP contribution in [0.25, 0.3) is 0 Å². The fourth-order valence-corrected chi connectivity index (χ4v) is 2.55. The topological polar surface area (TPSA) is 74.3 Å². The van der Waals surface area contributed by atoms with Crippen LogP contribution in [0, 0.1) is 5.41 Å². The summed E-state index contributed by atoms with van der Waals surface area (Å²) in [7, 11) is 1.60. The lowest BCUT2D eigenvalue weighted by atomic mass is 9.79. The molecule has 1 aliphatic rings. The van der Waals surface area contributed by atoms with Crippen molar-refractivity contribution < 1.29 is 28.5 Å². The summed E-state index contributed by atoms with van der Waals surface area (Å²) in [6, 6.07) is 0. The van der Waals surface area contributed by atoms with Crippen molar-refractivity contribution in [1.82, 2.24) is 4.90 Å². The van der Waals surface area contributed by atoms with Gasteiger partial charge in [-0.2, -0.15) is 0 Å². The highest BCUT2D eigenvalue weighted by atomic mass is 16.6. The summed E-state index contributed by atoms with van der Waals surface area (Å²) in [5, 5.41) is 0. The summed E-state index contributed by atoms with van der Waals surface area (Å²) in [5.74, 6) is -0.258. The number of esters is 1. The molecule has 24 heavy (non-hydrogen) atoms. The Bertz CT molecular complexity index is 410. The molecule has 0 N–H and O–H groups in total. The van der Waals surface area contributed by atoms with Crippen molar-refractivity contribution in [2.75, 3.05) is 46.6 Å². The van der Waals surface area contributed by atoms with Crippen molar-refractivity contribution in [3.63, 3.8) is 0 Å². The quantitative estimate of drug-likeness (QED) is 0.520. The van der Waals surface area contributed by atoms with Crippen LogP contribution in [0.4, 0.5) is 4.79 Å². The molecule has 1 heterocycles. The predicted octanol–water partition coefficient (Wildman–Crippen LogP) is 2.23. The maximum absolute atomic E-state index is 12.4. The number of amides is 1. The standard InChI is InChI=1S/C17H31NO6/c1-6-23-14(19)17(13-22-12-11-21-5)7-9-18(10-8-17)15(20)24-16(2,3)4/h6-13H2,1-5H3.